The van der Waals surface area contributed by atoms with Gasteiger partial charge in [0, 0.05) is 22.7 Å². The Hall–Kier alpha value is -2.94. The van der Waals surface area contributed by atoms with Gasteiger partial charge < -0.3 is 9.72 Å². The van der Waals surface area contributed by atoms with E-state index in [-0.39, 0.29) is 27.9 Å². The molecule has 134 valence electrons. The second-order valence-electron chi connectivity index (χ2n) is 5.65. The first-order valence-electron chi connectivity index (χ1n) is 7.64. The number of ether oxygens (including phenoxy) is 1. The summed E-state index contributed by atoms with van der Waals surface area (Å²) >= 11 is 6.03. The predicted octanol–water partition coefficient (Wildman–Crippen LogP) is 4.17. The van der Waals surface area contributed by atoms with Gasteiger partial charge in [-0.2, -0.15) is 10.2 Å². The van der Waals surface area contributed by atoms with Crippen molar-refractivity contribution in [2.75, 3.05) is 7.11 Å². The Labute approximate surface area is 150 Å². The molecule has 0 aliphatic rings. The molecule has 26 heavy (non-hydrogen) atoms. The van der Waals surface area contributed by atoms with Gasteiger partial charge in [-0.25, -0.2) is 13.8 Å². The van der Waals surface area contributed by atoms with E-state index in [0.29, 0.717) is 22.2 Å². The largest absolute Gasteiger partial charge is 0.495 e. The molecule has 0 bridgehead atoms. The van der Waals surface area contributed by atoms with Gasteiger partial charge in [0.25, 0.3) is 0 Å². The molecule has 0 saturated heterocycles. The number of alkyl halides is 1. The second kappa shape index (κ2) is 6.10. The number of H-pyrrole nitrogens is 3. The maximum absolute atomic E-state index is 14.8. The molecule has 1 aromatic carbocycles. The maximum atomic E-state index is 14.8. The molecule has 3 heterocycles. The summed E-state index contributed by atoms with van der Waals surface area (Å²) in [5.74, 6) is -0.183. The molecule has 10 heteroatoms. The lowest BCUT2D eigenvalue weighted by atomic mass is 10.0. The summed E-state index contributed by atoms with van der Waals surface area (Å²) in [6, 6.07) is 1.62. The molecule has 7 nitrogen and oxygen atoms in total. The van der Waals surface area contributed by atoms with Gasteiger partial charge in [0.05, 0.1) is 24.5 Å². The average molecular weight is 379 g/mol. The molecule has 0 radical (unpaired) electrons. The van der Waals surface area contributed by atoms with E-state index >= 15 is 0 Å². The first kappa shape index (κ1) is 16.5. The molecule has 4 aromatic rings. The number of hydrogen-bond donors (Lipinski definition) is 3. The zero-order valence-corrected chi connectivity index (χ0v) is 14.4. The number of nitrogens with one attached hydrogen (secondary N) is 3. The van der Waals surface area contributed by atoms with Crippen LogP contribution in [-0.4, -0.2) is 37.5 Å². The van der Waals surface area contributed by atoms with Gasteiger partial charge in [-0.15, -0.1) is 0 Å². The van der Waals surface area contributed by atoms with Crippen LogP contribution in [-0.2, 0) is 0 Å². The monoisotopic (exact) mass is 378 g/mol. The molecule has 3 N–H and O–H groups in total. The third-order valence-electron chi connectivity index (χ3n) is 4.04. The van der Waals surface area contributed by atoms with Crippen LogP contribution in [0.1, 0.15) is 18.9 Å². The molecule has 1 atom stereocenters. The van der Waals surface area contributed by atoms with Crippen molar-refractivity contribution in [2.45, 2.75) is 13.1 Å². The zero-order chi connectivity index (χ0) is 18.4. The summed E-state index contributed by atoms with van der Waals surface area (Å²) in [6.07, 6.45) is 1.90. The van der Waals surface area contributed by atoms with Crippen molar-refractivity contribution in [1.82, 2.24) is 30.4 Å². The molecular weight excluding hydrogens is 366 g/mol. The number of fused-ring (bicyclic) bond motifs is 1. The predicted molar refractivity (Wildman–Crippen MR) is 92.3 cm³/mol. The Bertz CT molecular complexity index is 1090. The van der Waals surface area contributed by atoms with Crippen LogP contribution in [0, 0.1) is 5.82 Å². The fourth-order valence-electron chi connectivity index (χ4n) is 2.82. The minimum Gasteiger partial charge on any atom is -0.495 e. The van der Waals surface area contributed by atoms with Gasteiger partial charge in [0.2, 0.25) is 0 Å². The van der Waals surface area contributed by atoms with Crippen LogP contribution in [0.15, 0.2) is 18.5 Å². The number of benzene rings is 1. The molecule has 0 unspecified atom stereocenters. The van der Waals surface area contributed by atoms with E-state index in [1.54, 1.807) is 18.5 Å². The third-order valence-corrected chi connectivity index (χ3v) is 4.40. The molecule has 0 spiro atoms. The van der Waals surface area contributed by atoms with Crippen molar-refractivity contribution in [3.63, 3.8) is 0 Å². The van der Waals surface area contributed by atoms with Crippen molar-refractivity contribution >= 4 is 22.5 Å². The molecule has 0 amide bonds. The van der Waals surface area contributed by atoms with Gasteiger partial charge in [-0.1, -0.05) is 11.6 Å². The van der Waals surface area contributed by atoms with Crippen LogP contribution in [0.25, 0.3) is 33.5 Å². The van der Waals surface area contributed by atoms with E-state index in [2.05, 4.69) is 30.4 Å². The summed E-state index contributed by atoms with van der Waals surface area (Å²) in [5, 5.41) is 13.6. The maximum Gasteiger partial charge on any atom is 0.184 e. The van der Waals surface area contributed by atoms with Crippen molar-refractivity contribution < 1.29 is 13.5 Å². The lowest BCUT2D eigenvalue weighted by Gasteiger charge is -2.05. The Morgan fingerprint density at radius 3 is 2.77 bits per heavy atom. The molecular formula is C16H13ClF2N6O. The summed E-state index contributed by atoms with van der Waals surface area (Å²) in [4.78, 5) is 7.12. The van der Waals surface area contributed by atoms with E-state index in [9.17, 15) is 8.78 Å². The highest BCUT2D eigenvalue weighted by Gasteiger charge is 2.24. The van der Waals surface area contributed by atoms with Crippen LogP contribution >= 0.6 is 11.6 Å². The lowest BCUT2D eigenvalue weighted by molar-refractivity contribution is 0.357. The molecule has 0 fully saturated rings. The van der Waals surface area contributed by atoms with E-state index in [4.69, 9.17) is 16.3 Å². The minimum atomic E-state index is -1.34. The van der Waals surface area contributed by atoms with Gasteiger partial charge in [-0.3, -0.25) is 10.2 Å². The number of halogens is 3. The first-order valence-corrected chi connectivity index (χ1v) is 8.02. The molecule has 0 saturated carbocycles. The number of methoxy groups -OCH3 is 1. The fraction of sp³-hybridized carbons (Fsp3) is 0.188. The van der Waals surface area contributed by atoms with Crippen molar-refractivity contribution in [1.29, 1.82) is 0 Å². The third kappa shape index (κ3) is 2.43. The fourth-order valence-corrected chi connectivity index (χ4v) is 3.05. The normalized spacial score (nSPS) is 12.7. The SMILES string of the molecule is COc1cc2c(-c3cn[nH]c3)c(-c3nc([C@H](C)F)n[nH]3)[nH]c2c(F)c1Cl. The highest BCUT2D eigenvalue weighted by Crippen LogP contribution is 2.42. The van der Waals surface area contributed by atoms with Crippen LogP contribution in [0.2, 0.25) is 5.02 Å². The number of hydrogen-bond acceptors (Lipinski definition) is 4. The van der Waals surface area contributed by atoms with Gasteiger partial charge in [0.15, 0.2) is 23.6 Å². The van der Waals surface area contributed by atoms with Crippen molar-refractivity contribution in [2.24, 2.45) is 0 Å². The topological polar surface area (TPSA) is 95.3 Å². The van der Waals surface area contributed by atoms with Crippen LogP contribution in [0.4, 0.5) is 8.78 Å². The van der Waals surface area contributed by atoms with Gasteiger partial charge in [-0.05, 0) is 13.0 Å². The van der Waals surface area contributed by atoms with Gasteiger partial charge in [0.1, 0.15) is 10.8 Å². The van der Waals surface area contributed by atoms with Crippen LogP contribution in [0.3, 0.4) is 0 Å². The summed E-state index contributed by atoms with van der Waals surface area (Å²) in [6.45, 7) is 1.33. The summed E-state index contributed by atoms with van der Waals surface area (Å²) in [5.41, 5.74) is 1.90. The first-order chi connectivity index (χ1) is 12.5. The molecule has 4 rings (SSSR count). The standard InChI is InChI=1S/C16H13ClF2N6O/c1-6(18)15-23-16(25-24-15)14-10(7-4-20-21-5-7)8-3-9(26-2)11(17)12(19)13(8)22-14/h3-6,22H,1-2H3,(H,20,21)(H,23,24,25)/t6-/m0/s1. The Balaban J connectivity index is 2.05. The van der Waals surface area contributed by atoms with Crippen molar-refractivity contribution in [3.05, 3.63) is 35.1 Å². The van der Waals surface area contributed by atoms with E-state index in [1.165, 1.54) is 14.0 Å². The highest BCUT2D eigenvalue weighted by atomic mass is 35.5. The van der Waals surface area contributed by atoms with Crippen LogP contribution < -0.4 is 4.74 Å². The average Bonchev–Trinajstić information content (AvgIpc) is 3.35. The van der Waals surface area contributed by atoms with Crippen LogP contribution in [0.5, 0.6) is 5.75 Å². The molecule has 3 aromatic heterocycles. The Morgan fingerprint density at radius 2 is 2.15 bits per heavy atom. The van der Waals surface area contributed by atoms with Gasteiger partial charge >= 0.3 is 0 Å². The van der Waals surface area contributed by atoms with E-state index < -0.39 is 12.0 Å². The van der Waals surface area contributed by atoms with E-state index in [0.717, 1.165) is 0 Å². The number of aromatic amines is 3. The highest BCUT2D eigenvalue weighted by molar-refractivity contribution is 6.33. The summed E-state index contributed by atoms with van der Waals surface area (Å²) in [7, 11) is 1.41. The van der Waals surface area contributed by atoms with Crippen molar-refractivity contribution in [3.8, 4) is 28.4 Å². The minimum absolute atomic E-state index is 0.00730. The quantitative estimate of drug-likeness (QED) is 0.496. The number of aromatic nitrogens is 6. The molecule has 0 aliphatic heterocycles. The van der Waals surface area contributed by atoms with E-state index in [1.807, 2.05) is 0 Å². The number of rotatable bonds is 4. The molecule has 0 aliphatic carbocycles. The summed E-state index contributed by atoms with van der Waals surface area (Å²) < 4.78 is 33.4. The Kier molecular flexibility index (Phi) is 3.87. The Morgan fingerprint density at radius 1 is 1.35 bits per heavy atom. The zero-order valence-electron chi connectivity index (χ0n) is 13.7. The smallest absolute Gasteiger partial charge is 0.184 e. The number of nitrogens with zero attached hydrogens (tertiary/aromatic N) is 3. The lowest BCUT2D eigenvalue weighted by Crippen LogP contribution is -1.88. The second-order valence-corrected chi connectivity index (χ2v) is 6.03.